The number of rotatable bonds is 5. The van der Waals surface area contributed by atoms with Gasteiger partial charge in [-0.2, -0.15) is 5.26 Å². The molecule has 2 aromatic carbocycles. The maximum Gasteiger partial charge on any atom is 0.335 e. The van der Waals surface area contributed by atoms with Crippen molar-refractivity contribution in [2.45, 2.75) is 20.8 Å². The first-order chi connectivity index (χ1) is 14.7. The van der Waals surface area contributed by atoms with Crippen LogP contribution in [-0.4, -0.2) is 21.6 Å². The number of halogens is 1. The Labute approximate surface area is 188 Å². The maximum atomic E-state index is 12.6. The Hall–Kier alpha value is -3.63. The number of aromatic nitrogens is 1. The lowest BCUT2D eigenvalue weighted by Crippen LogP contribution is -2.14. The van der Waals surface area contributed by atoms with E-state index in [2.05, 4.69) is 31.9 Å². The van der Waals surface area contributed by atoms with E-state index in [1.165, 1.54) is 18.2 Å². The Bertz CT molecular complexity index is 1270. The molecule has 2 N–H and O–H groups in total. The zero-order valence-electron chi connectivity index (χ0n) is 17.2. The summed E-state index contributed by atoms with van der Waals surface area (Å²) in [6.45, 7) is 5.91. The zero-order chi connectivity index (χ0) is 22.7. The predicted molar refractivity (Wildman–Crippen MR) is 123 cm³/mol. The average molecular weight is 478 g/mol. The third-order valence-corrected chi connectivity index (χ3v) is 5.79. The van der Waals surface area contributed by atoms with Crippen LogP contribution in [0.1, 0.15) is 32.9 Å². The van der Waals surface area contributed by atoms with Gasteiger partial charge in [-0.05, 0) is 80.4 Å². The van der Waals surface area contributed by atoms with E-state index in [1.807, 2.05) is 45.0 Å². The van der Waals surface area contributed by atoms with Crippen molar-refractivity contribution in [2.75, 3.05) is 5.32 Å². The van der Waals surface area contributed by atoms with Gasteiger partial charge in [0, 0.05) is 27.2 Å². The number of aromatic carboxylic acids is 1. The Balaban J connectivity index is 1.93. The summed E-state index contributed by atoms with van der Waals surface area (Å²) in [7, 11) is 0. The van der Waals surface area contributed by atoms with Crippen LogP contribution < -0.4 is 5.32 Å². The lowest BCUT2D eigenvalue weighted by Gasteiger charge is -2.11. The molecule has 0 spiro atoms. The summed E-state index contributed by atoms with van der Waals surface area (Å²) >= 11 is 3.51. The van der Waals surface area contributed by atoms with Crippen molar-refractivity contribution in [2.24, 2.45) is 0 Å². The van der Waals surface area contributed by atoms with Crippen LogP contribution in [0, 0.1) is 32.1 Å². The highest BCUT2D eigenvalue weighted by molar-refractivity contribution is 9.10. The molecule has 31 heavy (non-hydrogen) atoms. The van der Waals surface area contributed by atoms with Crippen molar-refractivity contribution in [3.8, 4) is 11.8 Å². The second-order valence-electron chi connectivity index (χ2n) is 7.11. The summed E-state index contributed by atoms with van der Waals surface area (Å²) < 4.78 is 3.09. The van der Waals surface area contributed by atoms with Crippen molar-refractivity contribution in [1.29, 1.82) is 5.26 Å². The van der Waals surface area contributed by atoms with Gasteiger partial charge in [-0.3, -0.25) is 4.79 Å². The predicted octanol–water partition coefficient (Wildman–Crippen LogP) is 5.41. The second-order valence-corrected chi connectivity index (χ2v) is 7.96. The number of hydrogen-bond acceptors (Lipinski definition) is 3. The first kappa shape index (κ1) is 22.1. The number of aryl methyl sites for hydroxylation is 2. The van der Waals surface area contributed by atoms with Crippen LogP contribution in [0.25, 0.3) is 11.8 Å². The van der Waals surface area contributed by atoms with Crippen LogP contribution in [0.5, 0.6) is 0 Å². The first-order valence-corrected chi connectivity index (χ1v) is 10.2. The Kier molecular flexibility index (Phi) is 6.42. The Morgan fingerprint density at radius 1 is 1.13 bits per heavy atom. The van der Waals surface area contributed by atoms with Crippen LogP contribution in [-0.2, 0) is 4.79 Å². The van der Waals surface area contributed by atoms with Crippen LogP contribution in [0.3, 0.4) is 0 Å². The highest BCUT2D eigenvalue weighted by Gasteiger charge is 2.15. The number of benzene rings is 2. The normalized spacial score (nSPS) is 11.1. The lowest BCUT2D eigenvalue weighted by molar-refractivity contribution is -0.112. The number of nitrogens with one attached hydrogen (secondary N) is 1. The van der Waals surface area contributed by atoms with Crippen LogP contribution in [0.15, 0.2) is 58.6 Å². The summed E-state index contributed by atoms with van der Waals surface area (Å²) in [5.41, 5.74) is 4.99. The van der Waals surface area contributed by atoms with Gasteiger partial charge in [-0.15, -0.1) is 0 Å². The fraction of sp³-hybridized carbons (Fsp3) is 0.125. The SMILES string of the molecule is Cc1cc(-n2c(C)cc(/C=C(/C#N)C(=O)Nc3cccc(C(=O)O)c3)c2C)ccc1Br. The molecule has 3 aromatic rings. The van der Waals surface area contributed by atoms with E-state index in [0.29, 0.717) is 5.69 Å². The molecule has 3 rings (SSSR count). The van der Waals surface area contributed by atoms with E-state index in [0.717, 1.165) is 32.7 Å². The molecular weight excluding hydrogens is 458 g/mol. The molecule has 0 aliphatic heterocycles. The van der Waals surface area contributed by atoms with E-state index in [4.69, 9.17) is 5.11 Å². The fourth-order valence-corrected chi connectivity index (χ4v) is 3.58. The monoisotopic (exact) mass is 477 g/mol. The molecule has 0 aliphatic rings. The number of nitriles is 1. The summed E-state index contributed by atoms with van der Waals surface area (Å²) in [5, 5.41) is 21.2. The second kappa shape index (κ2) is 9.02. The van der Waals surface area contributed by atoms with Crippen LogP contribution in [0.2, 0.25) is 0 Å². The molecule has 1 aromatic heterocycles. The number of hydrogen-bond donors (Lipinski definition) is 2. The topological polar surface area (TPSA) is 95.1 Å². The smallest absolute Gasteiger partial charge is 0.335 e. The average Bonchev–Trinajstić information content (AvgIpc) is 3.01. The molecule has 7 heteroatoms. The number of carbonyl (C=O) groups excluding carboxylic acids is 1. The molecular formula is C24H20BrN3O3. The van der Waals surface area contributed by atoms with Gasteiger partial charge < -0.3 is 15.0 Å². The van der Waals surface area contributed by atoms with Gasteiger partial charge in [0.2, 0.25) is 0 Å². The number of nitrogens with zero attached hydrogens (tertiary/aromatic N) is 2. The van der Waals surface area contributed by atoms with E-state index in [1.54, 1.807) is 12.1 Å². The van der Waals surface area contributed by atoms with Crippen LogP contribution in [0.4, 0.5) is 5.69 Å². The number of carbonyl (C=O) groups is 2. The summed E-state index contributed by atoms with van der Waals surface area (Å²) in [5.74, 6) is -1.70. The molecule has 0 fully saturated rings. The van der Waals surface area contributed by atoms with Gasteiger partial charge in [0.15, 0.2) is 0 Å². The molecule has 0 atom stereocenters. The van der Waals surface area contributed by atoms with Gasteiger partial charge in [0.1, 0.15) is 11.6 Å². The number of carboxylic acids is 1. The summed E-state index contributed by atoms with van der Waals surface area (Å²) in [6, 6.07) is 15.8. The molecule has 156 valence electrons. The largest absolute Gasteiger partial charge is 0.478 e. The van der Waals surface area contributed by atoms with Gasteiger partial charge in [0.05, 0.1) is 5.56 Å². The standard InChI is InChI=1S/C24H20BrN3O3/c1-14-9-21(7-8-22(14)25)28-15(2)10-18(16(28)3)11-19(13-26)23(29)27-20-6-4-5-17(12-20)24(30)31/h4-12H,1-3H3,(H,27,29)(H,30,31)/b19-11-. The highest BCUT2D eigenvalue weighted by Crippen LogP contribution is 2.26. The van der Waals surface area contributed by atoms with Crippen molar-refractivity contribution < 1.29 is 14.7 Å². The molecule has 0 saturated carbocycles. The van der Waals surface area contributed by atoms with E-state index in [9.17, 15) is 14.9 Å². The van der Waals surface area contributed by atoms with Crippen molar-refractivity contribution >= 4 is 39.6 Å². The molecule has 6 nitrogen and oxygen atoms in total. The first-order valence-electron chi connectivity index (χ1n) is 9.43. The molecule has 0 aliphatic carbocycles. The summed E-state index contributed by atoms with van der Waals surface area (Å²) in [6.07, 6.45) is 1.54. The fourth-order valence-electron chi connectivity index (χ4n) is 3.33. The minimum Gasteiger partial charge on any atom is -0.478 e. The van der Waals surface area contributed by atoms with Crippen molar-refractivity contribution in [3.05, 3.63) is 86.7 Å². The number of carboxylic acid groups (broad SMARTS) is 1. The highest BCUT2D eigenvalue weighted by atomic mass is 79.9. The molecule has 0 saturated heterocycles. The molecule has 0 unspecified atom stereocenters. The molecule has 0 radical (unpaired) electrons. The van der Waals surface area contributed by atoms with Crippen LogP contribution >= 0.6 is 15.9 Å². The Morgan fingerprint density at radius 2 is 1.87 bits per heavy atom. The zero-order valence-corrected chi connectivity index (χ0v) is 18.8. The summed E-state index contributed by atoms with van der Waals surface area (Å²) in [4.78, 5) is 23.7. The minimum atomic E-state index is -1.09. The molecule has 1 amide bonds. The quantitative estimate of drug-likeness (QED) is 0.379. The maximum absolute atomic E-state index is 12.6. The third-order valence-electron chi connectivity index (χ3n) is 4.90. The lowest BCUT2D eigenvalue weighted by atomic mass is 10.1. The minimum absolute atomic E-state index is 0.0497. The van der Waals surface area contributed by atoms with Crippen molar-refractivity contribution in [3.63, 3.8) is 0 Å². The van der Waals surface area contributed by atoms with Gasteiger partial charge in [0.25, 0.3) is 5.91 Å². The van der Waals surface area contributed by atoms with Crippen molar-refractivity contribution in [1.82, 2.24) is 4.57 Å². The third kappa shape index (κ3) is 4.76. The number of amides is 1. The van der Waals surface area contributed by atoms with Gasteiger partial charge in [-0.1, -0.05) is 22.0 Å². The molecule has 0 bridgehead atoms. The van der Waals surface area contributed by atoms with E-state index >= 15 is 0 Å². The Morgan fingerprint density at radius 3 is 2.52 bits per heavy atom. The van der Waals surface area contributed by atoms with E-state index < -0.39 is 11.9 Å². The van der Waals surface area contributed by atoms with E-state index in [-0.39, 0.29) is 11.1 Å². The molecule has 1 heterocycles. The van der Waals surface area contributed by atoms with Gasteiger partial charge >= 0.3 is 5.97 Å². The number of anilines is 1. The van der Waals surface area contributed by atoms with Gasteiger partial charge in [-0.25, -0.2) is 4.79 Å².